The molecule has 15 heteroatoms. The zero-order valence-corrected chi connectivity index (χ0v) is 20.6. The van der Waals surface area contributed by atoms with Crippen LogP contribution in [0.5, 0.6) is 11.6 Å². The normalized spacial score (nSPS) is 10.0. The van der Waals surface area contributed by atoms with Crippen molar-refractivity contribution in [1.82, 2.24) is 9.88 Å². The highest BCUT2D eigenvalue weighted by Gasteiger charge is 2.30. The Morgan fingerprint density at radius 1 is 1.14 bits per heavy atom. The lowest BCUT2D eigenvalue weighted by Gasteiger charge is -2.16. The van der Waals surface area contributed by atoms with Gasteiger partial charge in [0.05, 0.1) is 26.8 Å². The Labute approximate surface area is 213 Å². The van der Waals surface area contributed by atoms with Gasteiger partial charge in [-0.15, -0.1) is 0 Å². The minimum Gasteiger partial charge on any atom is -0.506 e. The molecule has 1 heterocycles. The van der Waals surface area contributed by atoms with Crippen molar-refractivity contribution in [2.24, 2.45) is 5.73 Å². The maximum atomic E-state index is 12.9. The molecule has 0 unspecified atom stereocenters. The van der Waals surface area contributed by atoms with Gasteiger partial charge in [0.2, 0.25) is 5.88 Å². The number of carboxylic acid groups (broad SMARTS) is 1. The summed E-state index contributed by atoms with van der Waals surface area (Å²) in [6, 6.07) is 4.36. The first kappa shape index (κ1) is 30.2. The molecule has 0 atom stereocenters. The van der Waals surface area contributed by atoms with Gasteiger partial charge in [-0.1, -0.05) is 29.3 Å². The summed E-state index contributed by atoms with van der Waals surface area (Å²) < 4.78 is 9.85. The van der Waals surface area contributed by atoms with E-state index >= 15 is 0 Å². The number of carbonyl (C=O) groups is 4. The number of aliphatic carboxylic acids is 1. The average molecular weight is 548 g/mol. The molecule has 6 N–H and O–H groups in total. The van der Waals surface area contributed by atoms with E-state index in [4.69, 9.17) is 28.3 Å². The van der Waals surface area contributed by atoms with Crippen LogP contribution in [0.15, 0.2) is 23.0 Å². The Hall–Kier alpha value is -3.81. The van der Waals surface area contributed by atoms with Crippen molar-refractivity contribution in [2.75, 3.05) is 26.8 Å². The number of rotatable bonds is 8. The first-order valence-corrected chi connectivity index (χ1v) is 10.7. The van der Waals surface area contributed by atoms with Gasteiger partial charge < -0.3 is 35.8 Å². The number of aromatic nitrogens is 1. The van der Waals surface area contributed by atoms with Gasteiger partial charge >= 0.3 is 17.9 Å². The largest absolute Gasteiger partial charge is 0.506 e. The summed E-state index contributed by atoms with van der Waals surface area (Å²) >= 11 is 12.0. The Morgan fingerprint density at radius 3 is 2.25 bits per heavy atom. The lowest BCUT2D eigenvalue weighted by molar-refractivity contribution is -0.141. The SMILES string of the molecule is CCOC(=O)CNC(=O)c1c(O)c(C(=O)OC)c(O)n(Cc2ccc(Cl)cc2Cl)c1=O.NCC(=O)O. The summed E-state index contributed by atoms with van der Waals surface area (Å²) in [6.07, 6.45) is 0. The predicted molar refractivity (Wildman–Crippen MR) is 127 cm³/mol. The molecule has 0 fully saturated rings. The molecule has 0 bridgehead atoms. The highest BCUT2D eigenvalue weighted by atomic mass is 35.5. The topological polar surface area (TPSA) is 207 Å². The van der Waals surface area contributed by atoms with Crippen molar-refractivity contribution in [2.45, 2.75) is 13.5 Å². The fourth-order valence-electron chi connectivity index (χ4n) is 2.61. The number of esters is 2. The number of carboxylic acids is 1. The van der Waals surface area contributed by atoms with E-state index in [9.17, 15) is 34.2 Å². The van der Waals surface area contributed by atoms with Gasteiger partial charge in [0, 0.05) is 10.0 Å². The van der Waals surface area contributed by atoms with Gasteiger partial charge in [0.25, 0.3) is 11.5 Å². The molecule has 1 aromatic heterocycles. The number of benzene rings is 1. The second-order valence-electron chi connectivity index (χ2n) is 6.63. The zero-order chi connectivity index (χ0) is 27.6. The average Bonchev–Trinajstić information content (AvgIpc) is 2.82. The minimum atomic E-state index is -1.20. The molecule has 0 spiro atoms. The number of halogens is 2. The van der Waals surface area contributed by atoms with Gasteiger partial charge in [-0.3, -0.25) is 23.7 Å². The smallest absolute Gasteiger partial charge is 0.347 e. The molecule has 0 radical (unpaired) electrons. The first-order chi connectivity index (χ1) is 16.9. The molecule has 0 aliphatic carbocycles. The van der Waals surface area contributed by atoms with E-state index in [-0.39, 0.29) is 24.7 Å². The Balaban J connectivity index is 0.00000118. The molecular weight excluding hydrogens is 525 g/mol. The summed E-state index contributed by atoms with van der Waals surface area (Å²) in [5, 5.41) is 31.0. The second kappa shape index (κ2) is 13.9. The molecule has 0 aliphatic heterocycles. The van der Waals surface area contributed by atoms with Gasteiger partial charge in [-0.05, 0) is 24.6 Å². The highest BCUT2D eigenvalue weighted by molar-refractivity contribution is 6.35. The molecule has 196 valence electrons. The predicted octanol–water partition coefficient (Wildman–Crippen LogP) is 0.724. The molecule has 0 saturated heterocycles. The molecule has 36 heavy (non-hydrogen) atoms. The van der Waals surface area contributed by atoms with Crippen molar-refractivity contribution in [1.29, 1.82) is 0 Å². The molecular formula is C21H23Cl2N3O10. The highest BCUT2D eigenvalue weighted by Crippen LogP contribution is 2.30. The summed E-state index contributed by atoms with van der Waals surface area (Å²) in [5.41, 5.74) is 2.06. The lowest BCUT2D eigenvalue weighted by atomic mass is 10.1. The van der Waals surface area contributed by atoms with Crippen LogP contribution in [0.25, 0.3) is 0 Å². The van der Waals surface area contributed by atoms with Crippen LogP contribution in [-0.2, 0) is 25.6 Å². The second-order valence-corrected chi connectivity index (χ2v) is 7.47. The monoisotopic (exact) mass is 547 g/mol. The molecule has 2 aromatic rings. The van der Waals surface area contributed by atoms with E-state index in [0.29, 0.717) is 15.2 Å². The maximum Gasteiger partial charge on any atom is 0.347 e. The van der Waals surface area contributed by atoms with Gasteiger partial charge in [-0.25, -0.2) is 4.79 Å². The van der Waals surface area contributed by atoms with Crippen molar-refractivity contribution in [3.8, 4) is 11.6 Å². The van der Waals surface area contributed by atoms with Crippen molar-refractivity contribution >= 4 is 47.0 Å². The Bertz CT molecular complexity index is 1210. The summed E-state index contributed by atoms with van der Waals surface area (Å²) in [7, 11) is 0.979. The van der Waals surface area contributed by atoms with E-state index < -0.39 is 58.7 Å². The van der Waals surface area contributed by atoms with Crippen molar-refractivity contribution < 1.29 is 44.0 Å². The fraction of sp³-hybridized carbons (Fsp3) is 0.286. The van der Waals surface area contributed by atoms with Crippen LogP contribution in [0.4, 0.5) is 0 Å². The lowest BCUT2D eigenvalue weighted by Crippen LogP contribution is -2.37. The van der Waals surface area contributed by atoms with E-state index in [1.165, 1.54) is 18.2 Å². The summed E-state index contributed by atoms with van der Waals surface area (Å²) in [5.74, 6) is -6.17. The first-order valence-electron chi connectivity index (χ1n) is 9.96. The number of amides is 1. The van der Waals surface area contributed by atoms with Crippen LogP contribution < -0.4 is 16.6 Å². The number of ether oxygens (including phenoxy) is 2. The zero-order valence-electron chi connectivity index (χ0n) is 19.0. The Morgan fingerprint density at radius 2 is 1.75 bits per heavy atom. The number of methoxy groups -OCH3 is 1. The number of pyridine rings is 1. The minimum absolute atomic E-state index is 0.0698. The number of carbonyl (C=O) groups excluding carboxylic acids is 3. The van der Waals surface area contributed by atoms with Crippen LogP contribution in [0.3, 0.4) is 0 Å². The van der Waals surface area contributed by atoms with E-state index in [1.807, 2.05) is 0 Å². The summed E-state index contributed by atoms with van der Waals surface area (Å²) in [6.45, 7) is 0.390. The van der Waals surface area contributed by atoms with E-state index in [1.54, 1.807) is 6.92 Å². The number of nitrogens with two attached hydrogens (primary N) is 1. The molecule has 0 saturated carbocycles. The van der Waals surface area contributed by atoms with Crippen molar-refractivity contribution in [3.05, 3.63) is 55.3 Å². The van der Waals surface area contributed by atoms with Crippen LogP contribution in [0, 0.1) is 0 Å². The number of hydrogen-bond acceptors (Lipinski definition) is 10. The molecule has 0 aliphatic rings. The third kappa shape index (κ3) is 7.86. The third-order valence-corrected chi connectivity index (χ3v) is 4.83. The van der Waals surface area contributed by atoms with Gasteiger partial charge in [0.15, 0.2) is 11.3 Å². The molecule has 1 aromatic carbocycles. The number of aromatic hydroxyl groups is 2. The maximum absolute atomic E-state index is 12.9. The molecule has 1 amide bonds. The number of nitrogens with zero attached hydrogens (tertiary/aromatic N) is 1. The van der Waals surface area contributed by atoms with Gasteiger partial charge in [0.1, 0.15) is 12.1 Å². The summed E-state index contributed by atoms with van der Waals surface area (Å²) in [4.78, 5) is 58.2. The quantitative estimate of drug-likeness (QED) is 0.291. The Kier molecular flexibility index (Phi) is 11.7. The number of hydrogen-bond donors (Lipinski definition) is 5. The van der Waals surface area contributed by atoms with E-state index in [2.05, 4.69) is 20.5 Å². The van der Waals surface area contributed by atoms with Crippen LogP contribution >= 0.6 is 23.2 Å². The van der Waals surface area contributed by atoms with Crippen LogP contribution in [-0.4, -0.2) is 70.5 Å². The fourth-order valence-corrected chi connectivity index (χ4v) is 3.08. The van der Waals surface area contributed by atoms with Crippen LogP contribution in [0.2, 0.25) is 10.0 Å². The standard InChI is InChI=1S/C19H18Cl2N2O8.C2H5NO2/c1-3-31-12(24)7-22-16(26)13-15(25)14(19(29)30-2)18(28)23(17(13)27)8-9-4-5-10(20)6-11(9)21;3-1-2(4)5/h4-6,25,28H,3,7-8H2,1-2H3,(H,22,26);1,3H2,(H,4,5). The third-order valence-electron chi connectivity index (χ3n) is 4.25. The molecule has 2 rings (SSSR count). The van der Waals surface area contributed by atoms with Gasteiger partial charge in [-0.2, -0.15) is 0 Å². The van der Waals surface area contributed by atoms with E-state index in [0.717, 1.165) is 7.11 Å². The van der Waals surface area contributed by atoms with Crippen LogP contribution in [0.1, 0.15) is 33.2 Å². The number of nitrogens with one attached hydrogen (secondary N) is 1. The van der Waals surface area contributed by atoms with Crippen molar-refractivity contribution in [3.63, 3.8) is 0 Å². The molecule has 13 nitrogen and oxygen atoms in total.